The van der Waals surface area contributed by atoms with Gasteiger partial charge in [-0.1, -0.05) is 6.92 Å². The Labute approximate surface area is 125 Å². The van der Waals surface area contributed by atoms with E-state index in [4.69, 9.17) is 0 Å². The summed E-state index contributed by atoms with van der Waals surface area (Å²) in [5.41, 5.74) is -0.208. The molecule has 3 fully saturated rings. The van der Waals surface area contributed by atoms with E-state index >= 15 is 0 Å². The lowest BCUT2D eigenvalue weighted by atomic mass is 9.51. The molecule has 4 rings (SSSR count). The Balaban J connectivity index is 1.72. The summed E-state index contributed by atoms with van der Waals surface area (Å²) >= 11 is 0. The molecule has 0 spiro atoms. The average molecular weight is 286 g/mol. The van der Waals surface area contributed by atoms with Gasteiger partial charge in [0.25, 0.3) is 0 Å². The Morgan fingerprint density at radius 1 is 1.14 bits per heavy atom. The van der Waals surface area contributed by atoms with E-state index in [0.717, 1.165) is 37.7 Å². The van der Waals surface area contributed by atoms with E-state index < -0.39 is 5.60 Å². The fourth-order valence-electron chi connectivity index (χ4n) is 5.62. The molecule has 5 atom stereocenters. The number of hydrogen-bond acceptors (Lipinski definition) is 3. The number of carbonyl (C=O) groups excluding carboxylic acids is 2. The Bertz CT molecular complexity index is 587. The number of allylic oxidation sites excluding steroid dienone is 2. The molecular weight excluding hydrogens is 264 g/mol. The van der Waals surface area contributed by atoms with Gasteiger partial charge in [-0.25, -0.2) is 0 Å². The smallest absolute Gasteiger partial charge is 0.178 e. The predicted molar refractivity (Wildman–Crippen MR) is 78.5 cm³/mol. The Kier molecular flexibility index (Phi) is 2.66. The van der Waals surface area contributed by atoms with Crippen molar-refractivity contribution in [2.45, 2.75) is 51.0 Å². The van der Waals surface area contributed by atoms with E-state index in [-0.39, 0.29) is 17.1 Å². The Hall–Kier alpha value is -1.22. The molecule has 21 heavy (non-hydrogen) atoms. The standard InChI is InChI=1S/C18H22O3/c1-17-8-7-15-13(14(17)4-5-16(17)20)3-2-11-10-12(19)6-9-18(11,15)21/h6,9-10,13-15,21H,2-5,7-8H2,1H3/t13?,14?,15?,17-,18+/m0/s1. The van der Waals surface area contributed by atoms with Crippen molar-refractivity contribution in [3.05, 3.63) is 23.8 Å². The van der Waals surface area contributed by atoms with Crippen molar-refractivity contribution >= 4 is 11.6 Å². The summed E-state index contributed by atoms with van der Waals surface area (Å²) < 4.78 is 0. The SMILES string of the molecule is C[C@]12CCC3C(CCC4=CC(=O)C=C[C@@]43O)C1CCC2=O. The van der Waals surface area contributed by atoms with Crippen molar-refractivity contribution < 1.29 is 14.7 Å². The minimum absolute atomic E-state index is 0.00943. The van der Waals surface area contributed by atoms with Gasteiger partial charge in [0.2, 0.25) is 0 Å². The second-order valence-corrected chi connectivity index (χ2v) is 7.56. The van der Waals surface area contributed by atoms with Crippen LogP contribution >= 0.6 is 0 Å². The van der Waals surface area contributed by atoms with Crippen molar-refractivity contribution in [2.24, 2.45) is 23.2 Å². The molecule has 0 aromatic carbocycles. The first kappa shape index (κ1) is 13.4. The van der Waals surface area contributed by atoms with Gasteiger partial charge in [0, 0.05) is 11.8 Å². The summed E-state index contributed by atoms with van der Waals surface area (Å²) in [4.78, 5) is 23.9. The average Bonchev–Trinajstić information content (AvgIpc) is 2.76. The monoisotopic (exact) mass is 286 g/mol. The first-order valence-electron chi connectivity index (χ1n) is 8.15. The largest absolute Gasteiger partial charge is 0.381 e. The molecule has 4 aliphatic rings. The molecule has 0 saturated heterocycles. The van der Waals surface area contributed by atoms with Crippen molar-refractivity contribution in [3.8, 4) is 0 Å². The summed E-state index contributed by atoms with van der Waals surface area (Å²) in [6.45, 7) is 2.14. The maximum absolute atomic E-state index is 12.3. The fraction of sp³-hybridized carbons (Fsp3) is 0.667. The van der Waals surface area contributed by atoms with Crippen molar-refractivity contribution in [3.63, 3.8) is 0 Å². The minimum Gasteiger partial charge on any atom is -0.381 e. The molecule has 0 amide bonds. The maximum Gasteiger partial charge on any atom is 0.178 e. The van der Waals surface area contributed by atoms with Crippen LogP contribution in [-0.4, -0.2) is 22.3 Å². The van der Waals surface area contributed by atoms with Gasteiger partial charge in [-0.2, -0.15) is 0 Å². The molecular formula is C18H22O3. The number of Topliss-reactive ketones (excluding diaryl/α,β-unsaturated/α-hetero) is 1. The third-order valence-corrected chi connectivity index (χ3v) is 6.79. The van der Waals surface area contributed by atoms with E-state index in [2.05, 4.69) is 6.92 Å². The van der Waals surface area contributed by atoms with Crippen LogP contribution in [0.15, 0.2) is 23.8 Å². The number of ketones is 2. The van der Waals surface area contributed by atoms with Crippen LogP contribution in [0.4, 0.5) is 0 Å². The molecule has 0 aliphatic heterocycles. The van der Waals surface area contributed by atoms with Gasteiger partial charge in [-0.15, -0.1) is 0 Å². The molecule has 112 valence electrons. The summed E-state index contributed by atoms with van der Waals surface area (Å²) in [7, 11) is 0. The first-order chi connectivity index (χ1) is 9.95. The van der Waals surface area contributed by atoms with Crippen LogP contribution < -0.4 is 0 Å². The van der Waals surface area contributed by atoms with Gasteiger partial charge in [-0.05, 0) is 73.7 Å². The van der Waals surface area contributed by atoms with Crippen LogP contribution in [0.3, 0.4) is 0 Å². The van der Waals surface area contributed by atoms with Crippen LogP contribution in [0.25, 0.3) is 0 Å². The Morgan fingerprint density at radius 2 is 1.95 bits per heavy atom. The van der Waals surface area contributed by atoms with Crippen LogP contribution in [0.1, 0.15) is 45.4 Å². The summed E-state index contributed by atoms with van der Waals surface area (Å²) in [5.74, 6) is 1.42. The number of carbonyl (C=O) groups is 2. The van der Waals surface area contributed by atoms with Crippen molar-refractivity contribution in [2.75, 3.05) is 0 Å². The first-order valence-corrected chi connectivity index (χ1v) is 8.15. The molecule has 4 aliphatic carbocycles. The number of aliphatic hydroxyl groups is 1. The zero-order valence-electron chi connectivity index (χ0n) is 12.5. The quantitative estimate of drug-likeness (QED) is 0.744. The highest BCUT2D eigenvalue weighted by Gasteiger charge is 2.59. The predicted octanol–water partition coefficient (Wildman–Crippen LogP) is 2.59. The highest BCUT2D eigenvalue weighted by atomic mass is 16.3. The van der Waals surface area contributed by atoms with Gasteiger partial charge in [0.05, 0.1) is 0 Å². The third kappa shape index (κ3) is 1.64. The maximum atomic E-state index is 12.3. The fourth-order valence-corrected chi connectivity index (χ4v) is 5.62. The second kappa shape index (κ2) is 4.16. The van der Waals surface area contributed by atoms with Crippen molar-refractivity contribution in [1.82, 2.24) is 0 Å². The molecule has 0 aromatic heterocycles. The number of rotatable bonds is 0. The van der Waals surface area contributed by atoms with Crippen LogP contribution in [0, 0.1) is 23.2 Å². The molecule has 3 nitrogen and oxygen atoms in total. The molecule has 0 heterocycles. The molecule has 3 heteroatoms. The number of hydrogen-bond donors (Lipinski definition) is 1. The van der Waals surface area contributed by atoms with E-state index in [1.807, 2.05) is 0 Å². The van der Waals surface area contributed by atoms with E-state index in [0.29, 0.717) is 24.0 Å². The van der Waals surface area contributed by atoms with E-state index in [9.17, 15) is 14.7 Å². The molecule has 3 saturated carbocycles. The van der Waals surface area contributed by atoms with Gasteiger partial charge < -0.3 is 5.11 Å². The summed E-state index contributed by atoms with van der Waals surface area (Å²) in [6.07, 6.45) is 10.1. The summed E-state index contributed by atoms with van der Waals surface area (Å²) in [6, 6.07) is 0. The molecule has 0 aromatic rings. The van der Waals surface area contributed by atoms with Gasteiger partial charge in [-0.3, -0.25) is 9.59 Å². The van der Waals surface area contributed by atoms with Crippen LogP contribution in [-0.2, 0) is 9.59 Å². The molecule has 3 unspecified atom stereocenters. The normalized spacial score (nSPS) is 48.5. The van der Waals surface area contributed by atoms with E-state index in [1.165, 1.54) is 6.08 Å². The van der Waals surface area contributed by atoms with Gasteiger partial charge in [0.15, 0.2) is 5.78 Å². The zero-order chi connectivity index (χ0) is 14.8. The molecule has 0 bridgehead atoms. The van der Waals surface area contributed by atoms with E-state index in [1.54, 1.807) is 12.2 Å². The van der Waals surface area contributed by atoms with Gasteiger partial charge in [0.1, 0.15) is 11.4 Å². The van der Waals surface area contributed by atoms with Crippen LogP contribution in [0.5, 0.6) is 0 Å². The van der Waals surface area contributed by atoms with Crippen molar-refractivity contribution in [1.29, 1.82) is 0 Å². The zero-order valence-corrected chi connectivity index (χ0v) is 12.5. The second-order valence-electron chi connectivity index (χ2n) is 7.56. The minimum atomic E-state index is -0.941. The lowest BCUT2D eigenvalue weighted by Crippen LogP contribution is -2.54. The molecule has 1 N–H and O–H groups in total. The third-order valence-electron chi connectivity index (χ3n) is 6.79. The topological polar surface area (TPSA) is 54.4 Å². The lowest BCUT2D eigenvalue weighted by Gasteiger charge is -2.54. The van der Waals surface area contributed by atoms with Crippen LogP contribution in [0.2, 0.25) is 0 Å². The summed E-state index contributed by atoms with van der Waals surface area (Å²) in [5, 5.41) is 11.2. The number of fused-ring (bicyclic) bond motifs is 5. The lowest BCUT2D eigenvalue weighted by molar-refractivity contribution is -0.134. The highest BCUT2D eigenvalue weighted by molar-refractivity contribution is 6.01. The Morgan fingerprint density at radius 3 is 2.76 bits per heavy atom. The van der Waals surface area contributed by atoms with Gasteiger partial charge >= 0.3 is 0 Å². The molecule has 0 radical (unpaired) electrons. The highest BCUT2D eigenvalue weighted by Crippen LogP contribution is 2.60.